The van der Waals surface area contributed by atoms with Crippen LogP contribution in [-0.4, -0.2) is 30.6 Å². The zero-order chi connectivity index (χ0) is 8.27. The van der Waals surface area contributed by atoms with Crippen molar-refractivity contribution >= 4 is 0 Å². The Labute approximate surface area is 69.1 Å². The van der Waals surface area contributed by atoms with E-state index in [1.54, 1.807) is 0 Å². The minimum absolute atomic E-state index is 0.651. The van der Waals surface area contributed by atoms with Crippen LogP contribution in [0, 0.1) is 5.92 Å². The molecule has 0 saturated carbocycles. The van der Waals surface area contributed by atoms with Crippen molar-refractivity contribution in [2.45, 2.75) is 19.4 Å². The second kappa shape index (κ2) is 3.88. The van der Waals surface area contributed by atoms with Gasteiger partial charge >= 0.3 is 0 Å². The number of hydrogen-bond acceptors (Lipinski definition) is 2. The molecule has 1 aliphatic rings. The highest BCUT2D eigenvalue weighted by molar-refractivity contribution is 4.87. The summed E-state index contributed by atoms with van der Waals surface area (Å²) in [7, 11) is 0. The fourth-order valence-electron chi connectivity index (χ4n) is 1.81. The highest BCUT2D eigenvalue weighted by Crippen LogP contribution is 2.22. The van der Waals surface area contributed by atoms with Crippen LogP contribution < -0.4 is 5.73 Å². The standard InChI is InChI=1S/C9H18N2/c1-3-5-11-6-4-9(7-10)8(11)2/h3,8-9H,1,4-7,10H2,2H3. The molecule has 0 spiro atoms. The predicted molar refractivity (Wildman–Crippen MR) is 48.4 cm³/mol. The third kappa shape index (κ3) is 1.82. The first-order chi connectivity index (χ1) is 5.29. The number of hydrogen-bond donors (Lipinski definition) is 1. The first kappa shape index (κ1) is 8.75. The number of rotatable bonds is 3. The van der Waals surface area contributed by atoms with Gasteiger partial charge < -0.3 is 5.73 Å². The molecule has 0 aromatic rings. The van der Waals surface area contributed by atoms with Gasteiger partial charge in [-0.2, -0.15) is 0 Å². The Morgan fingerprint density at radius 3 is 2.91 bits per heavy atom. The summed E-state index contributed by atoms with van der Waals surface area (Å²) in [5.41, 5.74) is 5.63. The van der Waals surface area contributed by atoms with Crippen LogP contribution in [0.3, 0.4) is 0 Å². The molecule has 1 aliphatic heterocycles. The molecule has 0 bridgehead atoms. The van der Waals surface area contributed by atoms with Crippen molar-refractivity contribution < 1.29 is 0 Å². The Hall–Kier alpha value is -0.340. The Morgan fingerprint density at radius 1 is 1.73 bits per heavy atom. The number of nitrogens with two attached hydrogens (primary N) is 1. The van der Waals surface area contributed by atoms with Gasteiger partial charge in [-0.05, 0) is 32.4 Å². The van der Waals surface area contributed by atoms with E-state index in [1.807, 2.05) is 6.08 Å². The van der Waals surface area contributed by atoms with E-state index >= 15 is 0 Å². The molecule has 2 nitrogen and oxygen atoms in total. The van der Waals surface area contributed by atoms with Gasteiger partial charge in [0.25, 0.3) is 0 Å². The van der Waals surface area contributed by atoms with E-state index in [2.05, 4.69) is 18.4 Å². The molecule has 0 aliphatic carbocycles. The molecule has 0 aromatic carbocycles. The smallest absolute Gasteiger partial charge is 0.0163 e. The van der Waals surface area contributed by atoms with E-state index in [-0.39, 0.29) is 0 Å². The lowest BCUT2D eigenvalue weighted by atomic mass is 10.0. The van der Waals surface area contributed by atoms with Crippen LogP contribution in [-0.2, 0) is 0 Å². The summed E-state index contributed by atoms with van der Waals surface area (Å²) in [6, 6.07) is 0.651. The van der Waals surface area contributed by atoms with Crippen molar-refractivity contribution in [3.8, 4) is 0 Å². The molecule has 1 heterocycles. The van der Waals surface area contributed by atoms with Crippen molar-refractivity contribution in [3.05, 3.63) is 12.7 Å². The summed E-state index contributed by atoms with van der Waals surface area (Å²) in [5, 5.41) is 0. The Balaban J connectivity index is 2.41. The van der Waals surface area contributed by atoms with Gasteiger partial charge in [0, 0.05) is 12.6 Å². The van der Waals surface area contributed by atoms with Crippen LogP contribution in [0.15, 0.2) is 12.7 Å². The Kier molecular flexibility index (Phi) is 3.09. The molecular formula is C9H18N2. The minimum atomic E-state index is 0.651. The molecule has 2 atom stereocenters. The summed E-state index contributed by atoms with van der Waals surface area (Å²) in [6.07, 6.45) is 3.22. The molecule has 1 saturated heterocycles. The van der Waals surface area contributed by atoms with Crippen molar-refractivity contribution in [1.82, 2.24) is 4.90 Å². The maximum Gasteiger partial charge on any atom is 0.0163 e. The van der Waals surface area contributed by atoms with Crippen LogP contribution in [0.25, 0.3) is 0 Å². The molecule has 1 fully saturated rings. The third-order valence-corrected chi connectivity index (χ3v) is 2.71. The first-order valence-electron chi connectivity index (χ1n) is 4.34. The van der Waals surface area contributed by atoms with E-state index in [0.717, 1.165) is 13.1 Å². The lowest BCUT2D eigenvalue weighted by Crippen LogP contribution is -2.32. The molecule has 2 heteroatoms. The van der Waals surface area contributed by atoms with Crippen molar-refractivity contribution in [2.24, 2.45) is 11.7 Å². The van der Waals surface area contributed by atoms with Crippen LogP contribution in [0.1, 0.15) is 13.3 Å². The normalized spacial score (nSPS) is 32.5. The zero-order valence-corrected chi connectivity index (χ0v) is 7.29. The van der Waals surface area contributed by atoms with Crippen molar-refractivity contribution in [3.63, 3.8) is 0 Å². The Morgan fingerprint density at radius 2 is 2.45 bits per heavy atom. The van der Waals surface area contributed by atoms with E-state index in [9.17, 15) is 0 Å². The topological polar surface area (TPSA) is 29.3 Å². The van der Waals surface area contributed by atoms with Gasteiger partial charge in [-0.15, -0.1) is 6.58 Å². The van der Waals surface area contributed by atoms with Gasteiger partial charge in [0.1, 0.15) is 0 Å². The average molecular weight is 154 g/mol. The van der Waals surface area contributed by atoms with Crippen molar-refractivity contribution in [2.75, 3.05) is 19.6 Å². The van der Waals surface area contributed by atoms with Gasteiger partial charge in [-0.1, -0.05) is 6.08 Å². The fourth-order valence-corrected chi connectivity index (χ4v) is 1.81. The maximum atomic E-state index is 5.63. The molecule has 0 amide bonds. The summed E-state index contributed by atoms with van der Waals surface area (Å²) in [4.78, 5) is 2.44. The maximum absolute atomic E-state index is 5.63. The van der Waals surface area contributed by atoms with Gasteiger partial charge in [-0.25, -0.2) is 0 Å². The molecule has 11 heavy (non-hydrogen) atoms. The highest BCUT2D eigenvalue weighted by atomic mass is 15.2. The molecular weight excluding hydrogens is 136 g/mol. The molecule has 1 rings (SSSR count). The number of likely N-dealkylation sites (tertiary alicyclic amines) is 1. The molecule has 64 valence electrons. The summed E-state index contributed by atoms with van der Waals surface area (Å²) < 4.78 is 0. The lowest BCUT2D eigenvalue weighted by molar-refractivity contribution is 0.268. The van der Waals surface area contributed by atoms with Gasteiger partial charge in [0.15, 0.2) is 0 Å². The first-order valence-corrected chi connectivity index (χ1v) is 4.34. The van der Waals surface area contributed by atoms with Crippen LogP contribution >= 0.6 is 0 Å². The second-order valence-corrected chi connectivity index (χ2v) is 3.31. The zero-order valence-electron chi connectivity index (χ0n) is 7.29. The summed E-state index contributed by atoms with van der Waals surface area (Å²) >= 11 is 0. The van der Waals surface area contributed by atoms with E-state index < -0.39 is 0 Å². The highest BCUT2D eigenvalue weighted by Gasteiger charge is 2.28. The summed E-state index contributed by atoms with van der Waals surface area (Å²) in [6.45, 7) is 9.02. The van der Waals surface area contributed by atoms with Crippen LogP contribution in [0.2, 0.25) is 0 Å². The van der Waals surface area contributed by atoms with Gasteiger partial charge in [0.2, 0.25) is 0 Å². The molecule has 0 aromatic heterocycles. The van der Waals surface area contributed by atoms with Crippen LogP contribution in [0.4, 0.5) is 0 Å². The van der Waals surface area contributed by atoms with E-state index in [4.69, 9.17) is 5.73 Å². The monoisotopic (exact) mass is 154 g/mol. The van der Waals surface area contributed by atoms with Gasteiger partial charge in [0.05, 0.1) is 0 Å². The van der Waals surface area contributed by atoms with E-state index in [1.165, 1.54) is 13.0 Å². The van der Waals surface area contributed by atoms with Crippen LogP contribution in [0.5, 0.6) is 0 Å². The van der Waals surface area contributed by atoms with E-state index in [0.29, 0.717) is 12.0 Å². The Bertz CT molecular complexity index is 134. The SMILES string of the molecule is C=CCN1CCC(CN)C1C. The largest absolute Gasteiger partial charge is 0.330 e. The molecule has 2 N–H and O–H groups in total. The molecule has 2 unspecified atom stereocenters. The second-order valence-electron chi connectivity index (χ2n) is 3.31. The number of nitrogens with zero attached hydrogens (tertiary/aromatic N) is 1. The predicted octanol–water partition coefficient (Wildman–Crippen LogP) is 0.842. The quantitative estimate of drug-likeness (QED) is 0.610. The molecule has 0 radical (unpaired) electrons. The van der Waals surface area contributed by atoms with Crippen molar-refractivity contribution in [1.29, 1.82) is 0 Å². The minimum Gasteiger partial charge on any atom is -0.330 e. The lowest BCUT2D eigenvalue weighted by Gasteiger charge is -2.22. The van der Waals surface area contributed by atoms with Gasteiger partial charge in [-0.3, -0.25) is 4.90 Å². The fraction of sp³-hybridized carbons (Fsp3) is 0.778. The average Bonchev–Trinajstić information content (AvgIpc) is 2.34. The summed E-state index contributed by atoms with van der Waals surface area (Å²) in [5.74, 6) is 0.704. The third-order valence-electron chi connectivity index (χ3n) is 2.71.